The van der Waals surface area contributed by atoms with Crippen LogP contribution in [0.3, 0.4) is 0 Å². The van der Waals surface area contributed by atoms with E-state index in [9.17, 15) is 4.79 Å². The third-order valence-electron chi connectivity index (χ3n) is 4.62. The van der Waals surface area contributed by atoms with Crippen molar-refractivity contribution in [1.82, 2.24) is 24.6 Å². The number of aryl methyl sites for hydroxylation is 4. The third-order valence-corrected chi connectivity index (χ3v) is 4.62. The summed E-state index contributed by atoms with van der Waals surface area (Å²) in [6.07, 6.45) is 10.0. The molecule has 7 heteroatoms. The number of hydrogen-bond acceptors (Lipinski definition) is 5. The van der Waals surface area contributed by atoms with Gasteiger partial charge in [0.2, 0.25) is 5.91 Å². The summed E-state index contributed by atoms with van der Waals surface area (Å²) in [5.74, 6) is 0.190. The number of aromatic nitrogens is 4. The molecule has 1 aliphatic heterocycles. The number of hydrogen-bond donors (Lipinski definition) is 0. The largest absolute Gasteiger partial charge is 0.377 e. The van der Waals surface area contributed by atoms with Gasteiger partial charge in [-0.25, -0.2) is 0 Å². The lowest BCUT2D eigenvalue weighted by atomic mass is 10.1. The summed E-state index contributed by atoms with van der Waals surface area (Å²) in [4.78, 5) is 23.1. The number of nitrogens with zero attached hydrogens (tertiary/aromatic N) is 5. The molecule has 0 unspecified atom stereocenters. The van der Waals surface area contributed by atoms with Crippen LogP contribution in [0.15, 0.2) is 24.8 Å². The Morgan fingerprint density at radius 3 is 2.96 bits per heavy atom. The predicted molar refractivity (Wildman–Crippen MR) is 92.9 cm³/mol. The van der Waals surface area contributed by atoms with E-state index in [1.165, 1.54) is 0 Å². The summed E-state index contributed by atoms with van der Waals surface area (Å²) in [6, 6.07) is 0.109. The highest BCUT2D eigenvalue weighted by molar-refractivity contribution is 5.77. The van der Waals surface area contributed by atoms with E-state index in [0.717, 1.165) is 36.2 Å². The second kappa shape index (κ2) is 8.20. The Morgan fingerprint density at radius 2 is 2.24 bits per heavy atom. The number of morpholine rings is 1. The van der Waals surface area contributed by atoms with Crippen molar-refractivity contribution < 1.29 is 9.53 Å². The highest BCUT2D eigenvalue weighted by Crippen LogP contribution is 2.16. The summed E-state index contributed by atoms with van der Waals surface area (Å²) in [5.41, 5.74) is 3.09. The van der Waals surface area contributed by atoms with E-state index < -0.39 is 0 Å². The smallest absolute Gasteiger partial charge is 0.223 e. The fourth-order valence-electron chi connectivity index (χ4n) is 3.28. The maximum atomic E-state index is 12.7. The fourth-order valence-corrected chi connectivity index (χ4v) is 3.28. The molecule has 0 aliphatic carbocycles. The summed E-state index contributed by atoms with van der Waals surface area (Å²) in [7, 11) is 1.91. The van der Waals surface area contributed by atoms with E-state index in [4.69, 9.17) is 4.74 Å². The van der Waals surface area contributed by atoms with Crippen LogP contribution in [0.4, 0.5) is 0 Å². The van der Waals surface area contributed by atoms with Crippen molar-refractivity contribution in [2.75, 3.05) is 19.8 Å². The normalized spacial score (nSPS) is 17.7. The molecule has 0 N–H and O–H groups in total. The molecule has 1 atom stereocenters. The Kier molecular flexibility index (Phi) is 5.75. The van der Waals surface area contributed by atoms with Gasteiger partial charge in [-0.15, -0.1) is 0 Å². The molecule has 0 radical (unpaired) electrons. The monoisotopic (exact) mass is 343 g/mol. The molecule has 3 heterocycles. The van der Waals surface area contributed by atoms with Gasteiger partial charge in [0.15, 0.2) is 0 Å². The Morgan fingerprint density at radius 1 is 1.36 bits per heavy atom. The second-order valence-electron chi connectivity index (χ2n) is 6.46. The van der Waals surface area contributed by atoms with E-state index in [1.807, 2.05) is 25.1 Å². The highest BCUT2D eigenvalue weighted by atomic mass is 16.5. The molecule has 25 heavy (non-hydrogen) atoms. The van der Waals surface area contributed by atoms with Crippen molar-refractivity contribution in [2.24, 2.45) is 7.05 Å². The minimum atomic E-state index is 0.109. The van der Waals surface area contributed by atoms with Crippen molar-refractivity contribution >= 4 is 5.91 Å². The van der Waals surface area contributed by atoms with E-state index >= 15 is 0 Å². The first-order valence-corrected chi connectivity index (χ1v) is 8.74. The second-order valence-corrected chi connectivity index (χ2v) is 6.46. The van der Waals surface area contributed by atoms with Crippen LogP contribution >= 0.6 is 0 Å². The first kappa shape index (κ1) is 17.5. The lowest BCUT2D eigenvalue weighted by Gasteiger charge is -2.35. The van der Waals surface area contributed by atoms with Crippen LogP contribution in [0.1, 0.15) is 29.8 Å². The molecule has 134 valence electrons. The van der Waals surface area contributed by atoms with Crippen molar-refractivity contribution in [3.8, 4) is 0 Å². The lowest BCUT2D eigenvalue weighted by molar-refractivity contribution is -0.140. The maximum absolute atomic E-state index is 12.7. The van der Waals surface area contributed by atoms with Gasteiger partial charge in [-0.3, -0.25) is 19.4 Å². The molecule has 2 aromatic rings. The zero-order chi connectivity index (χ0) is 17.6. The molecule has 7 nitrogen and oxygen atoms in total. The van der Waals surface area contributed by atoms with Crippen molar-refractivity contribution in [3.63, 3.8) is 0 Å². The molecular formula is C18H25N5O2. The first-order chi connectivity index (χ1) is 12.1. The quantitative estimate of drug-likeness (QED) is 0.791. The first-order valence-electron chi connectivity index (χ1n) is 8.74. The molecule has 2 aromatic heterocycles. The predicted octanol–water partition coefficient (Wildman–Crippen LogP) is 1.31. The number of rotatable bonds is 6. The van der Waals surface area contributed by atoms with E-state index in [1.54, 1.807) is 23.3 Å². The van der Waals surface area contributed by atoms with Crippen LogP contribution in [0.5, 0.6) is 0 Å². The van der Waals surface area contributed by atoms with Gasteiger partial charge in [0.25, 0.3) is 0 Å². The number of carbonyl (C=O) groups excluding carboxylic acids is 1. The van der Waals surface area contributed by atoms with Crippen LogP contribution in [-0.4, -0.2) is 56.4 Å². The van der Waals surface area contributed by atoms with E-state index in [-0.39, 0.29) is 11.9 Å². The fraction of sp³-hybridized carbons (Fsp3) is 0.556. The molecule has 1 aliphatic rings. The molecule has 3 rings (SSSR count). The topological polar surface area (TPSA) is 73.1 Å². The zero-order valence-electron chi connectivity index (χ0n) is 14.9. The van der Waals surface area contributed by atoms with Gasteiger partial charge >= 0.3 is 0 Å². The summed E-state index contributed by atoms with van der Waals surface area (Å²) in [6.45, 7) is 3.85. The molecule has 1 saturated heterocycles. The highest BCUT2D eigenvalue weighted by Gasteiger charge is 2.27. The third kappa shape index (κ3) is 4.63. The lowest BCUT2D eigenvalue weighted by Crippen LogP contribution is -2.49. The van der Waals surface area contributed by atoms with Crippen LogP contribution in [-0.2, 0) is 29.4 Å². The average molecular weight is 343 g/mol. The number of amides is 1. The van der Waals surface area contributed by atoms with E-state index in [2.05, 4.69) is 15.1 Å². The minimum Gasteiger partial charge on any atom is -0.377 e. The minimum absolute atomic E-state index is 0.109. The number of ether oxygens (including phenoxy) is 1. The van der Waals surface area contributed by atoms with Gasteiger partial charge in [-0.1, -0.05) is 0 Å². The van der Waals surface area contributed by atoms with Crippen LogP contribution in [0.25, 0.3) is 0 Å². The molecule has 0 bridgehead atoms. The SMILES string of the molecule is Cc1nn(C)cc1CCC(=O)N1CCOC[C@H]1CCc1cnccn1. The summed E-state index contributed by atoms with van der Waals surface area (Å²) >= 11 is 0. The van der Waals surface area contributed by atoms with Crippen molar-refractivity contribution in [2.45, 2.75) is 38.6 Å². The zero-order valence-corrected chi connectivity index (χ0v) is 14.9. The van der Waals surface area contributed by atoms with Crippen molar-refractivity contribution in [1.29, 1.82) is 0 Å². The molecule has 1 fully saturated rings. The molecule has 0 spiro atoms. The molecule has 1 amide bonds. The van der Waals surface area contributed by atoms with Gasteiger partial charge in [-0.05, 0) is 31.7 Å². The average Bonchev–Trinajstić information content (AvgIpc) is 2.96. The Hall–Kier alpha value is -2.28. The summed E-state index contributed by atoms with van der Waals surface area (Å²) < 4.78 is 7.39. The summed E-state index contributed by atoms with van der Waals surface area (Å²) in [5, 5.41) is 4.34. The molecule has 0 saturated carbocycles. The Balaban J connectivity index is 1.56. The van der Waals surface area contributed by atoms with Gasteiger partial charge in [0.05, 0.1) is 30.6 Å². The Bertz CT molecular complexity index is 701. The van der Waals surface area contributed by atoms with E-state index in [0.29, 0.717) is 26.2 Å². The van der Waals surface area contributed by atoms with Gasteiger partial charge in [-0.2, -0.15) is 5.10 Å². The van der Waals surface area contributed by atoms with Gasteiger partial charge in [0.1, 0.15) is 0 Å². The van der Waals surface area contributed by atoms with Crippen LogP contribution in [0, 0.1) is 6.92 Å². The Labute approximate surface area is 148 Å². The van der Waals surface area contributed by atoms with Crippen LogP contribution in [0.2, 0.25) is 0 Å². The van der Waals surface area contributed by atoms with Crippen LogP contribution < -0.4 is 0 Å². The standard InChI is InChI=1S/C18H25N5O2/c1-14-15(12-22(2)21-14)3-6-18(24)23-9-10-25-13-17(23)5-4-16-11-19-7-8-20-16/h7-8,11-12,17H,3-6,9-10,13H2,1-2H3/t17-/m1/s1. The molecular weight excluding hydrogens is 318 g/mol. The maximum Gasteiger partial charge on any atom is 0.223 e. The number of carbonyl (C=O) groups is 1. The van der Waals surface area contributed by atoms with Crippen molar-refractivity contribution in [3.05, 3.63) is 41.7 Å². The van der Waals surface area contributed by atoms with Gasteiger partial charge in [0, 0.05) is 44.8 Å². The van der Waals surface area contributed by atoms with Gasteiger partial charge < -0.3 is 9.64 Å². The molecule has 0 aromatic carbocycles.